The first kappa shape index (κ1) is 15.5. The summed E-state index contributed by atoms with van der Waals surface area (Å²) in [6, 6.07) is 9.77. The van der Waals surface area contributed by atoms with Crippen LogP contribution in [0, 0.1) is 0 Å². The van der Waals surface area contributed by atoms with Crippen molar-refractivity contribution in [3.05, 3.63) is 35.2 Å². The molecular weight excluding hydrogens is 286 g/mol. The van der Waals surface area contributed by atoms with E-state index in [1.807, 2.05) is 37.3 Å². The Hall–Kier alpha value is -1.88. The number of amides is 1. The number of rotatable bonds is 6. The molecule has 0 bridgehead atoms. The molecule has 0 fully saturated rings. The molecule has 1 heterocycles. The molecule has 2 aromatic rings. The Kier molecular flexibility index (Phi) is 5.33. The van der Waals surface area contributed by atoms with Crippen LogP contribution in [0.5, 0.6) is 0 Å². The van der Waals surface area contributed by atoms with Gasteiger partial charge >= 0.3 is 5.97 Å². The van der Waals surface area contributed by atoms with Crippen molar-refractivity contribution in [3.63, 3.8) is 0 Å². The maximum absolute atomic E-state index is 12.6. The van der Waals surface area contributed by atoms with Gasteiger partial charge in [0.05, 0.1) is 11.5 Å². The standard InChI is InChI=1S/C16H19NO3S/c1-3-9-17(11-15(18)20-4-2)16(19)14-10-12-7-5-6-8-13(12)21-14/h5-8,10H,3-4,9,11H2,1-2H3. The van der Waals surface area contributed by atoms with E-state index < -0.39 is 0 Å². The van der Waals surface area contributed by atoms with Crippen LogP contribution in [0.4, 0.5) is 0 Å². The fourth-order valence-electron chi connectivity index (χ4n) is 2.13. The van der Waals surface area contributed by atoms with E-state index in [9.17, 15) is 9.59 Å². The van der Waals surface area contributed by atoms with E-state index in [2.05, 4.69) is 0 Å². The molecule has 1 amide bonds. The van der Waals surface area contributed by atoms with E-state index in [0.717, 1.165) is 16.5 Å². The number of hydrogen-bond acceptors (Lipinski definition) is 4. The third-order valence-electron chi connectivity index (χ3n) is 3.04. The van der Waals surface area contributed by atoms with Crippen molar-refractivity contribution in [3.8, 4) is 0 Å². The number of hydrogen-bond donors (Lipinski definition) is 0. The highest BCUT2D eigenvalue weighted by Gasteiger charge is 2.20. The number of benzene rings is 1. The number of carbonyl (C=O) groups is 2. The van der Waals surface area contributed by atoms with Crippen LogP contribution in [0.2, 0.25) is 0 Å². The van der Waals surface area contributed by atoms with Crippen molar-refractivity contribution in [2.75, 3.05) is 19.7 Å². The summed E-state index contributed by atoms with van der Waals surface area (Å²) in [4.78, 5) is 26.4. The zero-order valence-electron chi connectivity index (χ0n) is 12.3. The van der Waals surface area contributed by atoms with Crippen molar-refractivity contribution < 1.29 is 14.3 Å². The summed E-state index contributed by atoms with van der Waals surface area (Å²) in [5, 5.41) is 1.05. The Morgan fingerprint density at radius 3 is 2.67 bits per heavy atom. The molecule has 112 valence electrons. The molecule has 0 aliphatic rings. The number of nitrogens with zero attached hydrogens (tertiary/aromatic N) is 1. The zero-order chi connectivity index (χ0) is 15.2. The molecule has 2 rings (SSSR count). The molecule has 0 saturated heterocycles. The van der Waals surface area contributed by atoms with Crippen molar-refractivity contribution in [2.45, 2.75) is 20.3 Å². The largest absolute Gasteiger partial charge is 0.465 e. The lowest BCUT2D eigenvalue weighted by Crippen LogP contribution is -2.36. The lowest BCUT2D eigenvalue weighted by atomic mass is 10.2. The predicted molar refractivity (Wildman–Crippen MR) is 84.7 cm³/mol. The minimum absolute atomic E-state index is 0.00869. The highest BCUT2D eigenvalue weighted by molar-refractivity contribution is 7.20. The molecule has 1 aromatic carbocycles. The molecule has 0 unspecified atom stereocenters. The smallest absolute Gasteiger partial charge is 0.325 e. The zero-order valence-corrected chi connectivity index (χ0v) is 13.1. The van der Waals surface area contributed by atoms with Crippen LogP contribution in [-0.4, -0.2) is 36.5 Å². The van der Waals surface area contributed by atoms with E-state index in [1.165, 1.54) is 11.3 Å². The number of carbonyl (C=O) groups excluding carboxylic acids is 2. The summed E-state index contributed by atoms with van der Waals surface area (Å²) in [7, 11) is 0. The van der Waals surface area contributed by atoms with E-state index in [4.69, 9.17) is 4.74 Å². The number of fused-ring (bicyclic) bond motifs is 1. The van der Waals surface area contributed by atoms with Gasteiger partial charge in [-0.1, -0.05) is 25.1 Å². The summed E-state index contributed by atoms with van der Waals surface area (Å²) in [5.41, 5.74) is 0. The lowest BCUT2D eigenvalue weighted by Gasteiger charge is -2.20. The highest BCUT2D eigenvalue weighted by atomic mass is 32.1. The Balaban J connectivity index is 2.18. The van der Waals surface area contributed by atoms with Gasteiger partial charge in [0, 0.05) is 11.2 Å². The van der Waals surface area contributed by atoms with Gasteiger partial charge in [-0.2, -0.15) is 0 Å². The van der Waals surface area contributed by atoms with Gasteiger partial charge in [-0.3, -0.25) is 9.59 Å². The van der Waals surface area contributed by atoms with Crippen LogP contribution in [0.1, 0.15) is 29.9 Å². The Morgan fingerprint density at radius 2 is 2.00 bits per heavy atom. The first-order valence-electron chi connectivity index (χ1n) is 7.09. The van der Waals surface area contributed by atoms with Crippen LogP contribution in [0.25, 0.3) is 10.1 Å². The van der Waals surface area contributed by atoms with E-state index >= 15 is 0 Å². The molecule has 0 spiro atoms. The first-order chi connectivity index (χ1) is 10.2. The van der Waals surface area contributed by atoms with Crippen LogP contribution in [0.15, 0.2) is 30.3 Å². The maximum Gasteiger partial charge on any atom is 0.325 e. The second-order valence-electron chi connectivity index (χ2n) is 4.68. The molecule has 0 radical (unpaired) electrons. The molecular formula is C16H19NO3S. The van der Waals surface area contributed by atoms with Gasteiger partial charge < -0.3 is 9.64 Å². The molecule has 0 aliphatic heterocycles. The van der Waals surface area contributed by atoms with E-state index in [0.29, 0.717) is 18.0 Å². The molecule has 0 saturated carbocycles. The molecule has 0 N–H and O–H groups in total. The molecule has 4 nitrogen and oxygen atoms in total. The van der Waals surface area contributed by atoms with Crippen LogP contribution in [-0.2, 0) is 9.53 Å². The summed E-state index contributed by atoms with van der Waals surface area (Å²) in [6.45, 7) is 4.63. The number of ether oxygens (including phenoxy) is 1. The Labute approximate surface area is 128 Å². The quantitative estimate of drug-likeness (QED) is 0.769. The Morgan fingerprint density at radius 1 is 1.24 bits per heavy atom. The van der Waals surface area contributed by atoms with Gasteiger partial charge in [0.15, 0.2) is 0 Å². The fraction of sp³-hybridized carbons (Fsp3) is 0.375. The maximum atomic E-state index is 12.6. The lowest BCUT2D eigenvalue weighted by molar-refractivity contribution is -0.143. The second-order valence-corrected chi connectivity index (χ2v) is 5.76. The number of esters is 1. The van der Waals surface area contributed by atoms with Crippen LogP contribution in [0.3, 0.4) is 0 Å². The van der Waals surface area contributed by atoms with Gasteiger partial charge in [-0.25, -0.2) is 0 Å². The number of thiophene rings is 1. The summed E-state index contributed by atoms with van der Waals surface area (Å²) in [5.74, 6) is -0.466. The third-order valence-corrected chi connectivity index (χ3v) is 4.15. The van der Waals surface area contributed by atoms with Crippen molar-refractivity contribution in [1.29, 1.82) is 0 Å². The van der Waals surface area contributed by atoms with Gasteiger partial charge in [0.1, 0.15) is 6.54 Å². The molecule has 0 aliphatic carbocycles. The summed E-state index contributed by atoms with van der Waals surface area (Å²) >= 11 is 1.46. The first-order valence-corrected chi connectivity index (χ1v) is 7.90. The normalized spacial score (nSPS) is 10.6. The molecule has 0 atom stereocenters. The van der Waals surface area contributed by atoms with Gasteiger partial charge in [-0.15, -0.1) is 11.3 Å². The average Bonchev–Trinajstić information content (AvgIpc) is 2.90. The predicted octanol–water partition coefficient (Wildman–Crippen LogP) is 3.32. The van der Waals surface area contributed by atoms with Gasteiger partial charge in [-0.05, 0) is 30.9 Å². The van der Waals surface area contributed by atoms with Gasteiger partial charge in [0.25, 0.3) is 5.91 Å². The minimum Gasteiger partial charge on any atom is -0.465 e. The van der Waals surface area contributed by atoms with Gasteiger partial charge in [0.2, 0.25) is 0 Å². The summed E-state index contributed by atoms with van der Waals surface area (Å²) < 4.78 is 6.01. The fourth-order valence-corrected chi connectivity index (χ4v) is 3.16. The SMILES string of the molecule is CCCN(CC(=O)OCC)C(=O)c1cc2ccccc2s1. The summed E-state index contributed by atoms with van der Waals surface area (Å²) in [6.07, 6.45) is 0.802. The van der Waals surface area contributed by atoms with E-state index in [1.54, 1.807) is 11.8 Å². The Bertz CT molecular complexity index is 602. The molecule has 1 aromatic heterocycles. The molecule has 5 heteroatoms. The highest BCUT2D eigenvalue weighted by Crippen LogP contribution is 2.26. The van der Waals surface area contributed by atoms with Crippen molar-refractivity contribution in [2.24, 2.45) is 0 Å². The monoisotopic (exact) mass is 305 g/mol. The van der Waals surface area contributed by atoms with Crippen molar-refractivity contribution in [1.82, 2.24) is 4.90 Å². The topological polar surface area (TPSA) is 46.6 Å². The van der Waals surface area contributed by atoms with E-state index in [-0.39, 0.29) is 18.4 Å². The van der Waals surface area contributed by atoms with Crippen LogP contribution < -0.4 is 0 Å². The molecule has 21 heavy (non-hydrogen) atoms. The third kappa shape index (κ3) is 3.82. The van der Waals surface area contributed by atoms with Crippen molar-refractivity contribution >= 4 is 33.3 Å². The average molecular weight is 305 g/mol. The second kappa shape index (κ2) is 7.22. The minimum atomic E-state index is -0.361. The van der Waals surface area contributed by atoms with Crippen LogP contribution >= 0.6 is 11.3 Å².